The summed E-state index contributed by atoms with van der Waals surface area (Å²) in [7, 11) is 0. The first-order valence-electron chi connectivity index (χ1n) is 9.27. The monoisotopic (exact) mass is 387 g/mol. The third kappa shape index (κ3) is 4.30. The van der Waals surface area contributed by atoms with Gasteiger partial charge in [-0.1, -0.05) is 26.0 Å². The average molecular weight is 387 g/mol. The van der Waals surface area contributed by atoms with Crippen LogP contribution in [0.15, 0.2) is 23.4 Å². The molecule has 0 aromatic rings. The molecule has 8 heteroatoms. The van der Waals surface area contributed by atoms with Crippen LogP contribution in [-0.2, 0) is 23.9 Å². The van der Waals surface area contributed by atoms with Gasteiger partial charge in [0.05, 0.1) is 11.8 Å². The van der Waals surface area contributed by atoms with Gasteiger partial charge in [-0.25, -0.2) is 4.79 Å². The number of nitrogens with zero attached hydrogens (tertiary/aromatic N) is 2. The van der Waals surface area contributed by atoms with Gasteiger partial charge < -0.3 is 10.5 Å². The molecule has 150 valence electrons. The van der Waals surface area contributed by atoms with E-state index in [0.29, 0.717) is 12.8 Å². The number of imide groups is 1. The summed E-state index contributed by atoms with van der Waals surface area (Å²) in [6.45, 7) is 4.45. The number of fused-ring (bicyclic) bond motifs is 1. The van der Waals surface area contributed by atoms with Gasteiger partial charge in [-0.2, -0.15) is 5.26 Å². The van der Waals surface area contributed by atoms with E-state index < -0.39 is 36.2 Å². The molecule has 2 N–H and O–H groups in total. The lowest BCUT2D eigenvalue weighted by atomic mass is 9.85. The number of allylic oxidation sites excluding steroid dienone is 3. The fourth-order valence-corrected chi connectivity index (χ4v) is 3.56. The number of likely N-dealkylation sites (tertiary alicyclic amines) is 1. The Bertz CT molecular complexity index is 760. The van der Waals surface area contributed by atoms with Gasteiger partial charge in [0, 0.05) is 5.70 Å². The number of nitrogens with two attached hydrogens (primary N) is 1. The van der Waals surface area contributed by atoms with Gasteiger partial charge in [-0.05, 0) is 32.1 Å². The third-order valence-electron chi connectivity index (χ3n) is 4.95. The lowest BCUT2D eigenvalue weighted by molar-refractivity contribution is -0.160. The van der Waals surface area contributed by atoms with Gasteiger partial charge in [-0.3, -0.25) is 19.3 Å². The van der Waals surface area contributed by atoms with E-state index in [2.05, 4.69) is 0 Å². The number of ketones is 1. The summed E-state index contributed by atoms with van der Waals surface area (Å²) in [6.07, 6.45) is 4.91. The minimum atomic E-state index is -1.09. The highest BCUT2D eigenvalue weighted by molar-refractivity contribution is 6.08. The second-order valence-corrected chi connectivity index (χ2v) is 7.55. The fourth-order valence-electron chi connectivity index (χ4n) is 3.56. The molecule has 2 rings (SSSR count). The van der Waals surface area contributed by atoms with Crippen LogP contribution in [0.1, 0.15) is 40.0 Å². The molecular weight excluding hydrogens is 362 g/mol. The molecule has 1 aliphatic heterocycles. The highest BCUT2D eigenvalue weighted by atomic mass is 16.5. The summed E-state index contributed by atoms with van der Waals surface area (Å²) >= 11 is 0. The van der Waals surface area contributed by atoms with Gasteiger partial charge in [0.25, 0.3) is 0 Å². The van der Waals surface area contributed by atoms with Crippen molar-refractivity contribution in [2.24, 2.45) is 23.5 Å². The van der Waals surface area contributed by atoms with Crippen LogP contribution in [0.5, 0.6) is 0 Å². The summed E-state index contributed by atoms with van der Waals surface area (Å²) in [5.41, 5.74) is 5.23. The average Bonchev–Trinajstić information content (AvgIpc) is 2.89. The maximum atomic E-state index is 12.8. The minimum absolute atomic E-state index is 0.00968. The molecule has 0 spiro atoms. The maximum absolute atomic E-state index is 12.8. The SMILES string of the molecule is C/C(N)=C(\C#N)C(=O)COC(=O)[C@H](CC(C)C)N1C(=O)[C@H]2CC=CC[C@@H]2C1=O. The predicted octanol–water partition coefficient (Wildman–Crippen LogP) is 1.22. The van der Waals surface area contributed by atoms with E-state index >= 15 is 0 Å². The van der Waals surface area contributed by atoms with Crippen molar-refractivity contribution in [3.63, 3.8) is 0 Å². The van der Waals surface area contributed by atoms with E-state index in [1.807, 2.05) is 26.0 Å². The van der Waals surface area contributed by atoms with Crippen LogP contribution in [0.3, 0.4) is 0 Å². The zero-order chi connectivity index (χ0) is 21.0. The summed E-state index contributed by atoms with van der Waals surface area (Å²) in [5.74, 6) is -3.19. The predicted molar refractivity (Wildman–Crippen MR) is 98.9 cm³/mol. The first-order chi connectivity index (χ1) is 13.2. The van der Waals surface area contributed by atoms with Crippen molar-refractivity contribution in [1.29, 1.82) is 5.26 Å². The minimum Gasteiger partial charge on any atom is -0.456 e. The first kappa shape index (κ1) is 21.4. The molecule has 1 saturated heterocycles. The smallest absolute Gasteiger partial charge is 0.329 e. The van der Waals surface area contributed by atoms with Gasteiger partial charge in [0.2, 0.25) is 17.6 Å². The Balaban J connectivity index is 2.17. The maximum Gasteiger partial charge on any atom is 0.329 e. The van der Waals surface area contributed by atoms with E-state index in [1.165, 1.54) is 6.92 Å². The zero-order valence-electron chi connectivity index (χ0n) is 16.3. The Morgan fingerprint density at radius 2 is 1.79 bits per heavy atom. The van der Waals surface area contributed by atoms with Crippen molar-refractivity contribution in [2.75, 3.05) is 6.61 Å². The third-order valence-corrected chi connectivity index (χ3v) is 4.95. The van der Waals surface area contributed by atoms with Crippen LogP contribution >= 0.6 is 0 Å². The number of carbonyl (C=O) groups excluding carboxylic acids is 4. The fraction of sp³-hybridized carbons (Fsp3) is 0.550. The second-order valence-electron chi connectivity index (χ2n) is 7.55. The Kier molecular flexibility index (Phi) is 6.73. The molecule has 8 nitrogen and oxygen atoms in total. The number of rotatable bonds is 7. The van der Waals surface area contributed by atoms with Crippen LogP contribution in [0.2, 0.25) is 0 Å². The van der Waals surface area contributed by atoms with Crippen molar-refractivity contribution < 1.29 is 23.9 Å². The van der Waals surface area contributed by atoms with Crippen molar-refractivity contribution in [3.8, 4) is 6.07 Å². The molecule has 0 bridgehead atoms. The van der Waals surface area contributed by atoms with E-state index in [-0.39, 0.29) is 35.4 Å². The quantitative estimate of drug-likeness (QED) is 0.228. The molecule has 1 aliphatic carbocycles. The van der Waals surface area contributed by atoms with Crippen LogP contribution in [-0.4, -0.2) is 41.1 Å². The second kappa shape index (κ2) is 8.83. The van der Waals surface area contributed by atoms with Gasteiger partial charge >= 0.3 is 5.97 Å². The molecule has 0 aromatic heterocycles. The largest absolute Gasteiger partial charge is 0.456 e. The van der Waals surface area contributed by atoms with E-state index in [0.717, 1.165) is 4.90 Å². The summed E-state index contributed by atoms with van der Waals surface area (Å²) < 4.78 is 5.07. The van der Waals surface area contributed by atoms with Gasteiger partial charge in [0.15, 0.2) is 6.61 Å². The molecule has 2 aliphatic rings. The molecule has 2 amide bonds. The zero-order valence-corrected chi connectivity index (χ0v) is 16.3. The molecule has 3 atom stereocenters. The Hall–Kier alpha value is -2.95. The molecule has 0 radical (unpaired) electrons. The lowest BCUT2D eigenvalue weighted by Crippen LogP contribution is -2.47. The van der Waals surface area contributed by atoms with E-state index in [4.69, 9.17) is 15.7 Å². The Morgan fingerprint density at radius 3 is 2.21 bits per heavy atom. The molecule has 28 heavy (non-hydrogen) atoms. The number of Topliss-reactive ketones (excluding diaryl/α,β-unsaturated/α-hetero) is 1. The van der Waals surface area contributed by atoms with Crippen LogP contribution in [0, 0.1) is 29.1 Å². The van der Waals surface area contributed by atoms with E-state index in [9.17, 15) is 19.2 Å². The summed E-state index contributed by atoms with van der Waals surface area (Å²) in [4.78, 5) is 51.3. The van der Waals surface area contributed by atoms with Crippen molar-refractivity contribution in [3.05, 3.63) is 23.4 Å². The van der Waals surface area contributed by atoms with Crippen molar-refractivity contribution >= 4 is 23.6 Å². The number of hydrogen-bond acceptors (Lipinski definition) is 7. The summed E-state index contributed by atoms with van der Waals surface area (Å²) in [5, 5.41) is 8.97. The van der Waals surface area contributed by atoms with Crippen molar-refractivity contribution in [2.45, 2.75) is 46.1 Å². The first-order valence-corrected chi connectivity index (χ1v) is 9.27. The summed E-state index contributed by atoms with van der Waals surface area (Å²) in [6, 6.07) is 0.587. The normalized spacial score (nSPS) is 23.2. The molecule has 0 aromatic carbocycles. The molecule has 0 unspecified atom stereocenters. The lowest BCUT2D eigenvalue weighted by Gasteiger charge is -2.26. The number of ether oxygens (including phenoxy) is 1. The van der Waals surface area contributed by atoms with Crippen LogP contribution in [0.4, 0.5) is 0 Å². The van der Waals surface area contributed by atoms with Gasteiger partial charge in [0.1, 0.15) is 17.7 Å². The molecule has 0 saturated carbocycles. The number of carbonyl (C=O) groups is 4. The van der Waals surface area contributed by atoms with Crippen molar-refractivity contribution in [1.82, 2.24) is 4.90 Å². The van der Waals surface area contributed by atoms with Crippen LogP contribution in [0.25, 0.3) is 0 Å². The molecule has 1 fully saturated rings. The Labute approximate surface area is 164 Å². The highest BCUT2D eigenvalue weighted by Crippen LogP contribution is 2.37. The molecular formula is C20H25N3O5. The topological polar surface area (TPSA) is 131 Å². The standard InChI is InChI=1S/C20H25N3O5/c1-11(2)8-16(20(27)28-10-17(24)15(9-21)12(3)22)23-18(25)13-6-4-5-7-14(13)19(23)26/h4-5,11,13-14,16H,6-8,10,22H2,1-3H3/b15-12-/t13-,14-,16-/m0/s1. The Morgan fingerprint density at radius 1 is 1.25 bits per heavy atom. The van der Waals surface area contributed by atoms with Crippen LogP contribution < -0.4 is 5.73 Å². The number of nitriles is 1. The number of hydrogen-bond donors (Lipinski definition) is 1. The van der Waals surface area contributed by atoms with Gasteiger partial charge in [-0.15, -0.1) is 0 Å². The number of amides is 2. The van der Waals surface area contributed by atoms with E-state index in [1.54, 1.807) is 6.07 Å². The molecule has 1 heterocycles. The number of esters is 1. The highest BCUT2D eigenvalue weighted by Gasteiger charge is 2.51.